The van der Waals surface area contributed by atoms with Gasteiger partial charge in [0.2, 0.25) is 11.8 Å². The highest BCUT2D eigenvalue weighted by Crippen LogP contribution is 2.13. The molecule has 1 aromatic carbocycles. The van der Waals surface area contributed by atoms with Crippen LogP contribution in [-0.4, -0.2) is 65.2 Å². The van der Waals surface area contributed by atoms with Gasteiger partial charge in [0.05, 0.1) is 19.6 Å². The number of nitrogens with two attached hydrogens (primary N) is 1. The van der Waals surface area contributed by atoms with E-state index in [0.29, 0.717) is 17.1 Å². The second-order valence-electron chi connectivity index (χ2n) is 8.54. The third-order valence-electron chi connectivity index (χ3n) is 5.42. The van der Waals surface area contributed by atoms with E-state index in [2.05, 4.69) is 26.3 Å². The second kappa shape index (κ2) is 12.5. The highest BCUT2D eigenvalue weighted by Gasteiger charge is 2.26. The lowest BCUT2D eigenvalue weighted by atomic mass is 10.0. The van der Waals surface area contributed by atoms with Crippen LogP contribution in [0.1, 0.15) is 24.5 Å². The maximum Gasteiger partial charge on any atom is 0.326 e. The number of pyridine rings is 1. The molecule has 0 aliphatic carbocycles. The van der Waals surface area contributed by atoms with Crippen LogP contribution in [0.15, 0.2) is 42.6 Å². The number of anilines is 2. The number of urea groups is 1. The molecule has 3 heterocycles. The number of carbonyl (C=O) groups is 4. The zero-order valence-electron chi connectivity index (χ0n) is 19.8. The number of aromatic nitrogens is 1. The third kappa shape index (κ3) is 8.24. The van der Waals surface area contributed by atoms with Crippen molar-refractivity contribution >= 4 is 35.3 Å². The van der Waals surface area contributed by atoms with E-state index >= 15 is 0 Å². The van der Waals surface area contributed by atoms with Gasteiger partial charge in [-0.1, -0.05) is 18.2 Å². The smallest absolute Gasteiger partial charge is 0.326 e. The van der Waals surface area contributed by atoms with Gasteiger partial charge in [0.25, 0.3) is 0 Å². The number of nitrogens with one attached hydrogen (secondary N) is 4. The molecule has 3 atom stereocenters. The normalized spacial score (nSPS) is 19.7. The molecule has 2 aliphatic rings. The molecule has 4 amide bonds. The lowest BCUT2D eigenvalue weighted by molar-refractivity contribution is -0.139. The summed E-state index contributed by atoms with van der Waals surface area (Å²) in [6.45, 7) is 2.11. The molecule has 0 fully saturated rings. The molecule has 192 valence electrons. The van der Waals surface area contributed by atoms with Crippen molar-refractivity contribution in [1.82, 2.24) is 20.9 Å². The van der Waals surface area contributed by atoms with Gasteiger partial charge in [-0.25, -0.2) is 14.6 Å². The Kier molecular flexibility index (Phi) is 9.17. The first-order valence-corrected chi connectivity index (χ1v) is 11.5. The Balaban J connectivity index is 1.72. The van der Waals surface area contributed by atoms with E-state index in [9.17, 15) is 24.3 Å². The van der Waals surface area contributed by atoms with Gasteiger partial charge in [-0.05, 0) is 36.2 Å². The van der Waals surface area contributed by atoms with Gasteiger partial charge in [0.1, 0.15) is 17.9 Å². The van der Waals surface area contributed by atoms with Crippen LogP contribution in [0.5, 0.6) is 0 Å². The molecule has 0 spiro atoms. The summed E-state index contributed by atoms with van der Waals surface area (Å²) in [5.74, 6) is -1.59. The SMILES string of the molecule is C[C@H]1COCCC(=O)Nc2ccc(cc2)C[C@@H](NC(=O)N[C@@H](Cc2ccc(N)nc2)C(=O)O)C(=O)N1. The van der Waals surface area contributed by atoms with Gasteiger partial charge >= 0.3 is 12.0 Å². The highest BCUT2D eigenvalue weighted by atomic mass is 16.5. The molecule has 0 radical (unpaired) electrons. The number of fused-ring (bicyclic) bond motifs is 12. The molecule has 0 unspecified atom stereocenters. The van der Waals surface area contributed by atoms with Crippen LogP contribution >= 0.6 is 0 Å². The van der Waals surface area contributed by atoms with E-state index in [1.54, 1.807) is 37.3 Å². The molecule has 36 heavy (non-hydrogen) atoms. The van der Waals surface area contributed by atoms with Crippen molar-refractivity contribution in [3.63, 3.8) is 0 Å². The van der Waals surface area contributed by atoms with E-state index in [-0.39, 0.29) is 44.4 Å². The molecule has 0 saturated carbocycles. The van der Waals surface area contributed by atoms with Gasteiger partial charge in [0.15, 0.2) is 0 Å². The fourth-order valence-corrected chi connectivity index (χ4v) is 3.55. The topological polar surface area (TPSA) is 185 Å². The van der Waals surface area contributed by atoms with Crippen LogP contribution in [-0.2, 0) is 32.0 Å². The average Bonchev–Trinajstić information content (AvgIpc) is 2.83. The fraction of sp³-hybridized carbons (Fsp3) is 0.375. The lowest BCUT2D eigenvalue weighted by Gasteiger charge is -2.23. The number of aliphatic carboxylic acids is 1. The third-order valence-corrected chi connectivity index (χ3v) is 5.42. The molecule has 2 aromatic rings. The number of carboxylic acids is 1. The number of nitrogen functional groups attached to an aromatic ring is 1. The number of hydrogen-bond acceptors (Lipinski definition) is 7. The summed E-state index contributed by atoms with van der Waals surface area (Å²) in [5.41, 5.74) is 7.46. The second-order valence-corrected chi connectivity index (χ2v) is 8.54. The molecule has 12 nitrogen and oxygen atoms in total. The molecular formula is C24H30N6O6. The van der Waals surface area contributed by atoms with Crippen LogP contribution in [0.25, 0.3) is 0 Å². The van der Waals surface area contributed by atoms with Crippen LogP contribution in [0.2, 0.25) is 0 Å². The van der Waals surface area contributed by atoms with Gasteiger partial charge in [-0.15, -0.1) is 0 Å². The highest BCUT2D eigenvalue weighted by molar-refractivity contribution is 5.91. The minimum Gasteiger partial charge on any atom is -0.480 e. The van der Waals surface area contributed by atoms with Crippen molar-refractivity contribution < 1.29 is 29.0 Å². The van der Waals surface area contributed by atoms with Crippen LogP contribution in [0, 0.1) is 0 Å². The first kappa shape index (κ1) is 26.4. The van der Waals surface area contributed by atoms with Crippen LogP contribution in [0.3, 0.4) is 0 Å². The summed E-state index contributed by atoms with van der Waals surface area (Å²) in [4.78, 5) is 53.4. The van der Waals surface area contributed by atoms with Gasteiger partial charge in [0, 0.05) is 30.8 Å². The Bertz CT molecular complexity index is 1080. The van der Waals surface area contributed by atoms with Crippen molar-refractivity contribution in [2.24, 2.45) is 0 Å². The van der Waals surface area contributed by atoms with Crippen molar-refractivity contribution in [1.29, 1.82) is 0 Å². The summed E-state index contributed by atoms with van der Waals surface area (Å²) in [5, 5.41) is 20.1. The lowest BCUT2D eigenvalue weighted by Crippen LogP contribution is -2.55. The maximum absolute atomic E-state index is 13.0. The Labute approximate surface area is 208 Å². The number of carbonyl (C=O) groups excluding carboxylic acids is 3. The van der Waals surface area contributed by atoms with Crippen molar-refractivity contribution in [3.8, 4) is 0 Å². The van der Waals surface area contributed by atoms with E-state index in [0.717, 1.165) is 5.56 Å². The summed E-state index contributed by atoms with van der Waals surface area (Å²) >= 11 is 0. The summed E-state index contributed by atoms with van der Waals surface area (Å²) in [6, 6.07) is 6.60. The average molecular weight is 499 g/mol. The summed E-state index contributed by atoms with van der Waals surface area (Å²) in [6.07, 6.45) is 1.73. The number of rotatable bonds is 5. The van der Waals surface area contributed by atoms with E-state index in [4.69, 9.17) is 10.5 Å². The number of carboxylic acid groups (broad SMARTS) is 1. The summed E-state index contributed by atoms with van der Waals surface area (Å²) < 4.78 is 5.48. The van der Waals surface area contributed by atoms with Crippen molar-refractivity contribution in [2.75, 3.05) is 24.3 Å². The standard InChI is InChI=1S/C24H30N6O6/c1-14-13-36-9-8-21(31)28-17-5-2-15(3-6-17)10-18(22(32)27-14)29-24(35)30-19(23(33)34)11-16-4-7-20(25)26-12-16/h2-7,12,14,18-19H,8-11,13H2,1H3,(H2,25,26)(H,27,32)(H,28,31)(H,33,34)(H2,29,30,35)/t14-,18+,19-/m0/s1. The largest absolute Gasteiger partial charge is 0.480 e. The Morgan fingerprint density at radius 1 is 1.22 bits per heavy atom. The maximum atomic E-state index is 13.0. The van der Waals surface area contributed by atoms with Gasteiger partial charge in [-0.2, -0.15) is 0 Å². The molecule has 1 aromatic heterocycles. The predicted octanol–water partition coefficient (Wildman–Crippen LogP) is 0.434. The predicted molar refractivity (Wildman–Crippen MR) is 131 cm³/mol. The van der Waals surface area contributed by atoms with Gasteiger partial charge < -0.3 is 36.8 Å². The number of benzene rings is 1. The zero-order chi connectivity index (χ0) is 26.1. The molecular weight excluding hydrogens is 468 g/mol. The monoisotopic (exact) mass is 498 g/mol. The summed E-state index contributed by atoms with van der Waals surface area (Å²) in [7, 11) is 0. The molecule has 12 heteroatoms. The molecule has 7 N–H and O–H groups in total. The Hall–Kier alpha value is -4.19. The fourth-order valence-electron chi connectivity index (χ4n) is 3.55. The van der Waals surface area contributed by atoms with E-state index in [1.165, 1.54) is 12.3 Å². The Morgan fingerprint density at radius 2 is 1.97 bits per heavy atom. The van der Waals surface area contributed by atoms with Gasteiger partial charge in [-0.3, -0.25) is 9.59 Å². The quantitative estimate of drug-likeness (QED) is 0.343. The molecule has 4 rings (SSSR count). The van der Waals surface area contributed by atoms with Crippen molar-refractivity contribution in [2.45, 2.75) is 44.3 Å². The number of hydrogen-bond donors (Lipinski definition) is 6. The molecule has 2 aliphatic heterocycles. The molecule has 2 bridgehead atoms. The van der Waals surface area contributed by atoms with Crippen molar-refractivity contribution in [3.05, 3.63) is 53.7 Å². The minimum atomic E-state index is -1.25. The number of ether oxygens (including phenoxy) is 1. The van der Waals surface area contributed by atoms with E-state index < -0.39 is 30.0 Å². The van der Waals surface area contributed by atoms with Crippen LogP contribution < -0.4 is 27.0 Å². The Morgan fingerprint density at radius 3 is 2.64 bits per heavy atom. The number of amides is 4. The first-order chi connectivity index (χ1) is 17.2. The number of nitrogens with zero attached hydrogens (tertiary/aromatic N) is 1. The first-order valence-electron chi connectivity index (χ1n) is 11.5. The molecule has 0 saturated heterocycles. The zero-order valence-corrected chi connectivity index (χ0v) is 19.8. The van der Waals surface area contributed by atoms with E-state index in [1.807, 2.05) is 0 Å². The van der Waals surface area contributed by atoms with Crippen LogP contribution in [0.4, 0.5) is 16.3 Å². The minimum absolute atomic E-state index is 0.0194.